The molecule has 1 fully saturated rings. The molecular formula is C11H12O3. The van der Waals surface area contributed by atoms with E-state index in [1.807, 2.05) is 24.3 Å². The van der Waals surface area contributed by atoms with Gasteiger partial charge in [0, 0.05) is 0 Å². The number of rotatable bonds is 2. The lowest BCUT2D eigenvalue weighted by Gasteiger charge is -2.07. The van der Waals surface area contributed by atoms with Gasteiger partial charge in [-0.1, -0.05) is 12.1 Å². The molecule has 3 heteroatoms. The van der Waals surface area contributed by atoms with Crippen molar-refractivity contribution in [2.24, 2.45) is 0 Å². The van der Waals surface area contributed by atoms with Crippen LogP contribution < -0.4 is 4.74 Å². The summed E-state index contributed by atoms with van der Waals surface area (Å²) in [5.74, 6) is 0.885. The average Bonchev–Trinajstić information content (AvgIpc) is 2.65. The molecule has 1 atom stereocenters. The van der Waals surface area contributed by atoms with E-state index in [4.69, 9.17) is 9.47 Å². The van der Waals surface area contributed by atoms with Crippen LogP contribution in [0.25, 0.3) is 0 Å². The van der Waals surface area contributed by atoms with E-state index in [2.05, 4.69) is 0 Å². The Balaban J connectivity index is 2.20. The first-order valence-corrected chi connectivity index (χ1v) is 4.55. The molecule has 0 aliphatic carbocycles. The first-order valence-electron chi connectivity index (χ1n) is 4.55. The Bertz CT molecular complexity index is 329. The number of methoxy groups -OCH3 is 1. The molecule has 0 bridgehead atoms. The summed E-state index contributed by atoms with van der Waals surface area (Å²) in [6, 6.07) is 7.55. The lowest BCUT2D eigenvalue weighted by Crippen LogP contribution is -2.08. The van der Waals surface area contributed by atoms with Gasteiger partial charge in [-0.25, -0.2) is 0 Å². The molecule has 2 rings (SSSR count). The zero-order valence-corrected chi connectivity index (χ0v) is 8.03. The Hall–Kier alpha value is -1.35. The molecule has 14 heavy (non-hydrogen) atoms. The number of Topliss-reactive ketones (excluding diaryl/α,β-unsaturated/α-hetero) is 1. The third kappa shape index (κ3) is 1.63. The molecule has 1 aliphatic rings. The van der Waals surface area contributed by atoms with Crippen molar-refractivity contribution in [3.05, 3.63) is 29.8 Å². The molecule has 0 aromatic heterocycles. The minimum atomic E-state index is -0.0825. The fourth-order valence-corrected chi connectivity index (χ4v) is 1.59. The third-order valence-electron chi connectivity index (χ3n) is 2.44. The maximum Gasteiger partial charge on any atom is 0.168 e. The standard InChI is InChI=1S/C11H12O3/c1-13-9-4-2-8(3-5-9)10-6-14-7-11(10)12/h2-5,10H,6-7H2,1H3/t10-/m0/s1. The zero-order chi connectivity index (χ0) is 9.97. The summed E-state index contributed by atoms with van der Waals surface area (Å²) in [6.07, 6.45) is 0. The molecule has 1 saturated heterocycles. The predicted octanol–water partition coefficient (Wildman–Crippen LogP) is 1.38. The maximum absolute atomic E-state index is 11.4. The molecule has 0 N–H and O–H groups in total. The van der Waals surface area contributed by atoms with E-state index in [9.17, 15) is 4.79 Å². The molecular weight excluding hydrogens is 180 g/mol. The van der Waals surface area contributed by atoms with Crippen LogP contribution in [-0.4, -0.2) is 26.1 Å². The normalized spacial score (nSPS) is 21.2. The van der Waals surface area contributed by atoms with Crippen LogP contribution in [0.1, 0.15) is 11.5 Å². The summed E-state index contributed by atoms with van der Waals surface area (Å²) in [4.78, 5) is 11.4. The molecule has 0 saturated carbocycles. The van der Waals surface area contributed by atoms with Crippen LogP contribution in [0.4, 0.5) is 0 Å². The van der Waals surface area contributed by atoms with Gasteiger partial charge in [-0.15, -0.1) is 0 Å². The third-order valence-corrected chi connectivity index (χ3v) is 2.44. The van der Waals surface area contributed by atoms with Crippen LogP contribution >= 0.6 is 0 Å². The average molecular weight is 192 g/mol. The highest BCUT2D eigenvalue weighted by Gasteiger charge is 2.26. The molecule has 1 aliphatic heterocycles. The highest BCUT2D eigenvalue weighted by molar-refractivity contribution is 5.88. The summed E-state index contributed by atoms with van der Waals surface area (Å²) >= 11 is 0. The number of benzene rings is 1. The van der Waals surface area contributed by atoms with E-state index in [-0.39, 0.29) is 18.3 Å². The molecule has 1 aromatic carbocycles. The number of carbonyl (C=O) groups excluding carboxylic acids is 1. The smallest absolute Gasteiger partial charge is 0.168 e. The van der Waals surface area contributed by atoms with Crippen molar-refractivity contribution in [1.29, 1.82) is 0 Å². The molecule has 1 heterocycles. The van der Waals surface area contributed by atoms with Crippen LogP contribution in [0.5, 0.6) is 5.75 Å². The second kappa shape index (κ2) is 3.80. The van der Waals surface area contributed by atoms with Gasteiger partial charge in [0.1, 0.15) is 12.4 Å². The molecule has 0 amide bonds. The Kier molecular flexibility index (Phi) is 2.50. The second-order valence-corrected chi connectivity index (χ2v) is 3.31. The van der Waals surface area contributed by atoms with E-state index in [0.29, 0.717) is 6.61 Å². The number of hydrogen-bond donors (Lipinski definition) is 0. The highest BCUT2D eigenvalue weighted by atomic mass is 16.5. The van der Waals surface area contributed by atoms with Gasteiger partial charge in [-0.05, 0) is 17.7 Å². The van der Waals surface area contributed by atoms with Gasteiger partial charge in [-0.2, -0.15) is 0 Å². The number of ether oxygens (including phenoxy) is 2. The van der Waals surface area contributed by atoms with Gasteiger partial charge >= 0.3 is 0 Å². The molecule has 0 spiro atoms. The fourth-order valence-electron chi connectivity index (χ4n) is 1.59. The second-order valence-electron chi connectivity index (χ2n) is 3.31. The van der Waals surface area contributed by atoms with Crippen molar-refractivity contribution in [3.8, 4) is 5.75 Å². The van der Waals surface area contributed by atoms with E-state index in [0.717, 1.165) is 11.3 Å². The molecule has 74 valence electrons. The Morgan fingerprint density at radius 1 is 1.36 bits per heavy atom. The molecule has 1 aromatic rings. The topological polar surface area (TPSA) is 35.5 Å². The summed E-state index contributed by atoms with van der Waals surface area (Å²) in [5.41, 5.74) is 1.01. The van der Waals surface area contributed by atoms with Crippen LogP contribution in [0, 0.1) is 0 Å². The minimum Gasteiger partial charge on any atom is -0.497 e. The van der Waals surface area contributed by atoms with Crippen LogP contribution in [0.3, 0.4) is 0 Å². The van der Waals surface area contributed by atoms with Gasteiger partial charge in [0.2, 0.25) is 0 Å². The van der Waals surface area contributed by atoms with Gasteiger partial charge in [0.15, 0.2) is 5.78 Å². The van der Waals surface area contributed by atoms with Gasteiger partial charge in [-0.3, -0.25) is 4.79 Å². The van der Waals surface area contributed by atoms with E-state index in [1.54, 1.807) is 7.11 Å². The van der Waals surface area contributed by atoms with Gasteiger partial charge < -0.3 is 9.47 Å². The Morgan fingerprint density at radius 2 is 2.07 bits per heavy atom. The quantitative estimate of drug-likeness (QED) is 0.710. The number of hydrogen-bond acceptors (Lipinski definition) is 3. The van der Waals surface area contributed by atoms with Crippen molar-refractivity contribution in [1.82, 2.24) is 0 Å². The van der Waals surface area contributed by atoms with E-state index in [1.165, 1.54) is 0 Å². The van der Waals surface area contributed by atoms with Crippen molar-refractivity contribution < 1.29 is 14.3 Å². The molecule has 0 unspecified atom stereocenters. The van der Waals surface area contributed by atoms with Crippen molar-refractivity contribution in [2.45, 2.75) is 5.92 Å². The van der Waals surface area contributed by atoms with Crippen LogP contribution in [0.2, 0.25) is 0 Å². The first kappa shape index (κ1) is 9.21. The monoisotopic (exact) mass is 192 g/mol. The van der Waals surface area contributed by atoms with E-state index < -0.39 is 0 Å². The SMILES string of the molecule is COc1ccc([C@@H]2COCC2=O)cc1. The highest BCUT2D eigenvalue weighted by Crippen LogP contribution is 2.24. The van der Waals surface area contributed by atoms with Crippen molar-refractivity contribution in [3.63, 3.8) is 0 Å². The van der Waals surface area contributed by atoms with Crippen LogP contribution in [0.15, 0.2) is 24.3 Å². The zero-order valence-electron chi connectivity index (χ0n) is 8.03. The van der Waals surface area contributed by atoms with Crippen LogP contribution in [-0.2, 0) is 9.53 Å². The molecule has 3 nitrogen and oxygen atoms in total. The first-order chi connectivity index (χ1) is 6.81. The maximum atomic E-state index is 11.4. The number of ketones is 1. The van der Waals surface area contributed by atoms with E-state index >= 15 is 0 Å². The number of carbonyl (C=O) groups is 1. The minimum absolute atomic E-state index is 0.0825. The Morgan fingerprint density at radius 3 is 2.57 bits per heavy atom. The molecule has 0 radical (unpaired) electrons. The summed E-state index contributed by atoms with van der Waals surface area (Å²) < 4.78 is 10.1. The summed E-state index contributed by atoms with van der Waals surface area (Å²) in [6.45, 7) is 0.752. The summed E-state index contributed by atoms with van der Waals surface area (Å²) in [7, 11) is 1.62. The lowest BCUT2D eigenvalue weighted by molar-refractivity contribution is -0.118. The fraction of sp³-hybridized carbons (Fsp3) is 0.364. The van der Waals surface area contributed by atoms with Crippen molar-refractivity contribution in [2.75, 3.05) is 20.3 Å². The predicted molar refractivity (Wildman–Crippen MR) is 51.6 cm³/mol. The van der Waals surface area contributed by atoms with Gasteiger partial charge in [0.05, 0.1) is 19.6 Å². The summed E-state index contributed by atoms with van der Waals surface area (Å²) in [5, 5.41) is 0. The van der Waals surface area contributed by atoms with Crippen molar-refractivity contribution >= 4 is 5.78 Å². The largest absolute Gasteiger partial charge is 0.497 e. The van der Waals surface area contributed by atoms with Gasteiger partial charge in [0.25, 0.3) is 0 Å². The Labute approximate surface area is 82.6 Å². The lowest BCUT2D eigenvalue weighted by atomic mass is 9.98.